The maximum absolute atomic E-state index is 13.8. The van der Waals surface area contributed by atoms with E-state index in [1.165, 1.54) is 18.2 Å². The summed E-state index contributed by atoms with van der Waals surface area (Å²) in [5.41, 5.74) is 1.37. The van der Waals surface area contributed by atoms with Crippen molar-refractivity contribution >= 4 is 27.5 Å². The molecule has 0 unspecified atom stereocenters. The van der Waals surface area contributed by atoms with Gasteiger partial charge >= 0.3 is 0 Å². The molecule has 34 heavy (non-hydrogen) atoms. The van der Waals surface area contributed by atoms with Gasteiger partial charge in [-0.15, -0.1) is 0 Å². The molecule has 176 valence electrons. The highest BCUT2D eigenvalue weighted by Gasteiger charge is 2.37. The molecule has 0 bridgehead atoms. The number of hydrogen-bond donors (Lipinski definition) is 1. The van der Waals surface area contributed by atoms with Crippen molar-refractivity contribution < 1.29 is 13.3 Å². The molecule has 0 amide bonds. The second kappa shape index (κ2) is 10.8. The molecular formula is C26H26N2O4S2. The predicted octanol–water partition coefficient (Wildman–Crippen LogP) is 5.62. The molecular weight excluding hydrogens is 468 g/mol. The smallest absolute Gasteiger partial charge is 0.258 e. The van der Waals surface area contributed by atoms with E-state index in [-0.39, 0.29) is 5.69 Å². The Morgan fingerprint density at radius 2 is 1.41 bits per heavy atom. The fourth-order valence-electron chi connectivity index (χ4n) is 3.38. The molecule has 0 aliphatic carbocycles. The van der Waals surface area contributed by atoms with Crippen LogP contribution in [0.5, 0.6) is 0 Å². The summed E-state index contributed by atoms with van der Waals surface area (Å²) in [5, 5.41) is 11.2. The van der Waals surface area contributed by atoms with Gasteiger partial charge in [0, 0.05) is 21.9 Å². The summed E-state index contributed by atoms with van der Waals surface area (Å²) in [6, 6.07) is 20.5. The summed E-state index contributed by atoms with van der Waals surface area (Å²) in [6.45, 7) is 9.43. The summed E-state index contributed by atoms with van der Waals surface area (Å²) in [4.78, 5) is 12.2. The van der Waals surface area contributed by atoms with Gasteiger partial charge in [-0.25, -0.2) is 13.1 Å². The third-order valence-electron chi connectivity index (χ3n) is 5.38. The van der Waals surface area contributed by atoms with E-state index in [4.69, 9.17) is 0 Å². The summed E-state index contributed by atoms with van der Waals surface area (Å²) < 4.78 is 30.3. The average molecular weight is 495 g/mol. The topological polar surface area (TPSA) is 89.3 Å². The Hall–Kier alpha value is -3.20. The van der Waals surface area contributed by atoms with Crippen molar-refractivity contribution in [2.24, 2.45) is 0 Å². The van der Waals surface area contributed by atoms with Crippen LogP contribution in [0, 0.1) is 24.0 Å². The van der Waals surface area contributed by atoms with Crippen molar-refractivity contribution in [3.05, 3.63) is 123 Å². The number of hydrogen-bond acceptors (Lipinski definition) is 4. The molecule has 0 saturated carbocycles. The number of aryl methyl sites for hydroxylation is 2. The zero-order valence-electron chi connectivity index (χ0n) is 19.2. The molecule has 0 fully saturated rings. The molecule has 0 heterocycles. The number of benzene rings is 3. The largest absolute Gasteiger partial charge is 0.269 e. The van der Waals surface area contributed by atoms with E-state index < -0.39 is 32.2 Å². The average Bonchev–Trinajstić information content (AvgIpc) is 2.83. The highest BCUT2D eigenvalue weighted by molar-refractivity contribution is 7.89. The molecule has 3 aromatic carbocycles. The molecule has 0 spiro atoms. The van der Waals surface area contributed by atoms with Crippen LogP contribution in [-0.4, -0.2) is 13.3 Å². The third kappa shape index (κ3) is 5.64. The molecule has 0 aliphatic rings. The van der Waals surface area contributed by atoms with E-state index in [2.05, 4.69) is 11.3 Å². The molecule has 0 radical (unpaired) electrons. The first-order valence-electron chi connectivity index (χ1n) is 10.5. The van der Waals surface area contributed by atoms with E-state index in [1.54, 1.807) is 49.4 Å². The molecule has 3 atom stereocenters. The summed E-state index contributed by atoms with van der Waals surface area (Å²) >= 11 is 0. The number of non-ortho nitro benzene ring substituents is 1. The molecule has 3 rings (SSSR count). The SMILES string of the molecule is C=C/C=C(/[S@@](=O)c1ccc(C)cc1)[C@@](C)(N[S@@](=O)c1ccc(C)cc1)c1ccc([N+](=O)[O-])cc1. The maximum Gasteiger partial charge on any atom is 0.269 e. The van der Waals surface area contributed by atoms with Crippen molar-refractivity contribution in [3.8, 4) is 0 Å². The number of nitro groups is 1. The highest BCUT2D eigenvalue weighted by atomic mass is 32.2. The molecule has 0 saturated heterocycles. The van der Waals surface area contributed by atoms with E-state index >= 15 is 0 Å². The van der Waals surface area contributed by atoms with Crippen LogP contribution in [0.1, 0.15) is 23.6 Å². The van der Waals surface area contributed by atoms with Crippen LogP contribution in [0.25, 0.3) is 0 Å². The Bertz CT molecular complexity index is 1270. The van der Waals surface area contributed by atoms with Gasteiger partial charge in [0.05, 0.1) is 26.2 Å². The van der Waals surface area contributed by atoms with Gasteiger partial charge in [-0.1, -0.05) is 48.0 Å². The lowest BCUT2D eigenvalue weighted by atomic mass is 9.92. The molecule has 1 N–H and O–H groups in total. The van der Waals surface area contributed by atoms with Crippen LogP contribution in [0.4, 0.5) is 5.69 Å². The number of nitro benzene ring substituents is 1. The van der Waals surface area contributed by atoms with Crippen LogP contribution in [0.2, 0.25) is 0 Å². The molecule has 0 aliphatic heterocycles. The number of nitrogens with one attached hydrogen (secondary N) is 1. The van der Waals surface area contributed by atoms with Gasteiger partial charge in [-0.2, -0.15) is 0 Å². The number of nitrogens with zero attached hydrogens (tertiary/aromatic N) is 1. The van der Waals surface area contributed by atoms with E-state index in [1.807, 2.05) is 38.1 Å². The molecule has 3 aromatic rings. The van der Waals surface area contributed by atoms with E-state index in [0.29, 0.717) is 20.3 Å². The van der Waals surface area contributed by atoms with Gasteiger partial charge in [0.2, 0.25) is 0 Å². The lowest BCUT2D eigenvalue weighted by Crippen LogP contribution is -2.43. The zero-order valence-corrected chi connectivity index (χ0v) is 20.8. The van der Waals surface area contributed by atoms with Crippen LogP contribution >= 0.6 is 0 Å². The minimum atomic E-state index is -1.67. The van der Waals surface area contributed by atoms with Crippen molar-refractivity contribution in [3.63, 3.8) is 0 Å². The van der Waals surface area contributed by atoms with Crippen LogP contribution in [0.3, 0.4) is 0 Å². The minimum Gasteiger partial charge on any atom is -0.258 e. The monoisotopic (exact) mass is 494 g/mol. The lowest BCUT2D eigenvalue weighted by Gasteiger charge is -2.33. The van der Waals surface area contributed by atoms with Crippen molar-refractivity contribution in [2.75, 3.05) is 0 Å². The van der Waals surface area contributed by atoms with Crippen molar-refractivity contribution in [1.82, 2.24) is 4.72 Å². The Morgan fingerprint density at radius 1 is 0.912 bits per heavy atom. The van der Waals surface area contributed by atoms with Gasteiger partial charge in [-0.05, 0) is 68.8 Å². The quantitative estimate of drug-likeness (QED) is 0.238. The highest BCUT2D eigenvalue weighted by Crippen LogP contribution is 2.36. The fourth-order valence-corrected chi connectivity index (χ4v) is 5.94. The third-order valence-corrected chi connectivity index (χ3v) is 8.32. The predicted molar refractivity (Wildman–Crippen MR) is 137 cm³/mol. The summed E-state index contributed by atoms with van der Waals surface area (Å²) in [7, 11) is -3.30. The van der Waals surface area contributed by atoms with Crippen LogP contribution in [-0.2, 0) is 27.3 Å². The van der Waals surface area contributed by atoms with E-state index in [9.17, 15) is 18.5 Å². The van der Waals surface area contributed by atoms with Gasteiger partial charge in [-0.3, -0.25) is 10.1 Å². The second-order valence-corrected chi connectivity index (χ2v) is 10.6. The summed E-state index contributed by atoms with van der Waals surface area (Å²) in [6.07, 6.45) is 3.16. The zero-order chi connectivity index (χ0) is 24.9. The standard InChI is InChI=1S/C26H26N2O4S2/c1-5-6-25(33(31)23-15-7-19(2)8-16-23)26(4,21-11-13-22(14-12-21)28(29)30)27-34(32)24-17-9-20(3)10-18-24/h5-18,27H,1H2,2-4H3/b25-6+/t26-,33-,34-/m0/s1. The lowest BCUT2D eigenvalue weighted by molar-refractivity contribution is -0.384. The van der Waals surface area contributed by atoms with Crippen LogP contribution < -0.4 is 4.72 Å². The number of rotatable bonds is 9. The van der Waals surface area contributed by atoms with Gasteiger partial charge in [0.1, 0.15) is 11.0 Å². The van der Waals surface area contributed by atoms with Gasteiger partial charge in [0.25, 0.3) is 5.69 Å². The maximum atomic E-state index is 13.8. The van der Waals surface area contributed by atoms with E-state index in [0.717, 1.165) is 11.1 Å². The normalized spacial score (nSPS) is 15.2. The first-order valence-corrected chi connectivity index (χ1v) is 12.8. The Balaban J connectivity index is 2.13. The number of allylic oxidation sites excluding steroid dienone is 2. The second-order valence-electron chi connectivity index (χ2n) is 7.96. The summed E-state index contributed by atoms with van der Waals surface area (Å²) in [5.74, 6) is 0. The molecule has 6 nitrogen and oxygen atoms in total. The van der Waals surface area contributed by atoms with Crippen molar-refractivity contribution in [1.29, 1.82) is 0 Å². The fraction of sp³-hybridized carbons (Fsp3) is 0.154. The van der Waals surface area contributed by atoms with Crippen molar-refractivity contribution in [2.45, 2.75) is 36.1 Å². The Morgan fingerprint density at radius 3 is 1.88 bits per heavy atom. The molecule has 8 heteroatoms. The first kappa shape index (κ1) is 25.4. The Kier molecular flexibility index (Phi) is 8.09. The first-order chi connectivity index (χ1) is 16.2. The minimum absolute atomic E-state index is 0.0698. The van der Waals surface area contributed by atoms with Crippen LogP contribution in [0.15, 0.2) is 106 Å². The Labute approximate surface area is 204 Å². The van der Waals surface area contributed by atoms with Gasteiger partial charge in [0.15, 0.2) is 0 Å². The van der Waals surface area contributed by atoms with Gasteiger partial charge < -0.3 is 0 Å². The molecule has 0 aromatic heterocycles.